The zero-order chi connectivity index (χ0) is 12.8. The molecule has 0 aliphatic carbocycles. The van der Waals surface area contributed by atoms with Crippen LogP contribution in [0, 0.1) is 0 Å². The minimum absolute atomic E-state index is 0.113. The number of methoxy groups -OCH3 is 1. The van der Waals surface area contributed by atoms with Gasteiger partial charge >= 0.3 is 116 Å². The number of ether oxygens (including phenoxy) is 1. The summed E-state index contributed by atoms with van der Waals surface area (Å²) in [6, 6.07) is 17.3. The van der Waals surface area contributed by atoms with Crippen molar-refractivity contribution in [2.24, 2.45) is 0 Å². The van der Waals surface area contributed by atoms with Gasteiger partial charge in [0, 0.05) is 0 Å². The fourth-order valence-electron chi connectivity index (χ4n) is 1.34. The molecule has 92 valence electrons. The van der Waals surface area contributed by atoms with Crippen molar-refractivity contribution >= 4 is 33.6 Å². The Bertz CT molecular complexity index is 511. The van der Waals surface area contributed by atoms with Crippen molar-refractivity contribution < 1.29 is 9.53 Å². The molecule has 18 heavy (non-hydrogen) atoms. The fourth-order valence-corrected chi connectivity index (χ4v) is 4.57. The van der Waals surface area contributed by atoms with E-state index in [1.807, 2.05) is 42.5 Å². The molecule has 0 atom stereocenters. The molecule has 0 amide bonds. The summed E-state index contributed by atoms with van der Waals surface area (Å²) in [6.07, 6.45) is 0. The van der Waals surface area contributed by atoms with Gasteiger partial charge in [-0.05, 0) is 0 Å². The molecule has 0 N–H and O–H groups in total. The quantitative estimate of drug-likeness (QED) is 0.809. The Morgan fingerprint density at radius 2 is 1.72 bits per heavy atom. The van der Waals surface area contributed by atoms with Gasteiger partial charge in [-0.15, -0.1) is 0 Å². The summed E-state index contributed by atoms with van der Waals surface area (Å²) < 4.78 is 6.28. The first-order valence-electron chi connectivity index (χ1n) is 5.37. The summed E-state index contributed by atoms with van der Waals surface area (Å²) in [4.78, 5) is 12.0. The minimum atomic E-state index is 0.113. The van der Waals surface area contributed by atoms with Gasteiger partial charge in [-0.1, -0.05) is 0 Å². The van der Waals surface area contributed by atoms with Gasteiger partial charge in [0.25, 0.3) is 0 Å². The van der Waals surface area contributed by atoms with Gasteiger partial charge in [-0.25, -0.2) is 0 Å². The molecular formula is C14H12O2SSe. The van der Waals surface area contributed by atoms with Crippen LogP contribution in [0.4, 0.5) is 0 Å². The van der Waals surface area contributed by atoms with Crippen LogP contribution in [0.15, 0.2) is 54.6 Å². The van der Waals surface area contributed by atoms with Crippen molar-refractivity contribution in [1.29, 1.82) is 0 Å². The fraction of sp³-hybridized carbons (Fsp3) is 0.0714. The summed E-state index contributed by atoms with van der Waals surface area (Å²) in [7, 11) is 2.99. The zero-order valence-electron chi connectivity index (χ0n) is 9.83. The summed E-state index contributed by atoms with van der Waals surface area (Å²) in [5, 5.41) is 0.113. The maximum atomic E-state index is 12.0. The molecule has 0 saturated carbocycles. The molecule has 0 fully saturated rings. The van der Waals surface area contributed by atoms with E-state index in [0.29, 0.717) is 0 Å². The van der Waals surface area contributed by atoms with Crippen molar-refractivity contribution in [3.05, 3.63) is 60.2 Å². The van der Waals surface area contributed by atoms with Crippen LogP contribution in [0.5, 0.6) is 5.75 Å². The van der Waals surface area contributed by atoms with E-state index in [-0.39, 0.29) is 19.0 Å². The van der Waals surface area contributed by atoms with Crippen LogP contribution < -0.4 is 9.20 Å². The molecule has 2 nitrogen and oxygen atoms in total. The predicted molar refractivity (Wildman–Crippen MR) is 76.7 cm³/mol. The van der Waals surface area contributed by atoms with Crippen molar-refractivity contribution in [2.75, 3.05) is 7.11 Å². The van der Waals surface area contributed by atoms with Gasteiger partial charge in [0.1, 0.15) is 0 Å². The van der Waals surface area contributed by atoms with Gasteiger partial charge < -0.3 is 0 Å². The molecule has 0 unspecified atom stereocenters. The number of benzene rings is 2. The molecule has 0 aliphatic heterocycles. The Morgan fingerprint density at radius 3 is 2.33 bits per heavy atom. The second-order valence-electron chi connectivity index (χ2n) is 3.50. The first kappa shape index (κ1) is 13.2. The Hall–Kier alpha value is -1.22. The molecule has 2 rings (SSSR count). The topological polar surface area (TPSA) is 26.3 Å². The average Bonchev–Trinajstić information content (AvgIpc) is 2.46. The monoisotopic (exact) mass is 324 g/mol. The van der Waals surface area contributed by atoms with Crippen molar-refractivity contribution in [3.63, 3.8) is 0 Å². The molecule has 0 saturated heterocycles. The van der Waals surface area contributed by atoms with Crippen molar-refractivity contribution in [1.82, 2.24) is 0 Å². The van der Waals surface area contributed by atoms with Gasteiger partial charge in [0.15, 0.2) is 0 Å². The number of hydrogen-bond donors (Lipinski definition) is 0. The molecule has 0 aliphatic rings. The number of carbonyl (C=O) groups excluding carboxylic acids is 1. The Balaban J connectivity index is 1.95. The first-order valence-corrected chi connectivity index (χ1v) is 9.07. The summed E-state index contributed by atoms with van der Waals surface area (Å²) in [5.74, 6) is 0.769. The van der Waals surface area contributed by atoms with Crippen LogP contribution in [0.2, 0.25) is 0 Å². The van der Waals surface area contributed by atoms with Crippen molar-refractivity contribution in [3.8, 4) is 5.75 Å². The molecule has 2 aromatic carbocycles. The molecule has 0 aromatic heterocycles. The summed E-state index contributed by atoms with van der Waals surface area (Å²) in [6.45, 7) is 0. The van der Waals surface area contributed by atoms with Gasteiger partial charge in [0.05, 0.1) is 0 Å². The van der Waals surface area contributed by atoms with E-state index in [9.17, 15) is 4.79 Å². The van der Waals surface area contributed by atoms with Gasteiger partial charge in [0.2, 0.25) is 0 Å². The Morgan fingerprint density at radius 1 is 1.06 bits per heavy atom. The first-order chi connectivity index (χ1) is 8.79. The van der Waals surface area contributed by atoms with E-state index in [1.54, 1.807) is 19.2 Å². The SMILES string of the molecule is COc1ccc(C(=O)S[Se]c2ccccc2)cc1. The maximum absolute atomic E-state index is 12.0. The standard InChI is InChI=1S/C14H12O2SSe/c1-16-12-9-7-11(8-10-12)14(15)17-18-13-5-3-2-4-6-13/h2-10H,1H3. The zero-order valence-corrected chi connectivity index (χ0v) is 12.4. The molecular weight excluding hydrogens is 311 g/mol. The van der Waals surface area contributed by atoms with Gasteiger partial charge in [-0.3, -0.25) is 0 Å². The second kappa shape index (κ2) is 6.64. The Kier molecular flexibility index (Phi) is 4.88. The normalized spacial score (nSPS) is 10.1. The van der Waals surface area contributed by atoms with E-state index in [1.165, 1.54) is 14.6 Å². The van der Waals surface area contributed by atoms with E-state index >= 15 is 0 Å². The van der Waals surface area contributed by atoms with E-state index in [4.69, 9.17) is 4.74 Å². The number of hydrogen-bond acceptors (Lipinski definition) is 3. The van der Waals surface area contributed by atoms with Crippen LogP contribution in [0.25, 0.3) is 0 Å². The third-order valence-electron chi connectivity index (χ3n) is 2.28. The molecule has 0 radical (unpaired) electrons. The molecule has 0 spiro atoms. The van der Waals surface area contributed by atoms with Crippen LogP contribution in [-0.4, -0.2) is 26.1 Å². The predicted octanol–water partition coefficient (Wildman–Crippen LogP) is 2.51. The van der Waals surface area contributed by atoms with E-state index < -0.39 is 0 Å². The molecule has 0 bridgehead atoms. The third kappa shape index (κ3) is 3.64. The van der Waals surface area contributed by atoms with E-state index in [2.05, 4.69) is 0 Å². The number of carbonyl (C=O) groups is 1. The van der Waals surface area contributed by atoms with Crippen LogP contribution in [-0.2, 0) is 0 Å². The van der Waals surface area contributed by atoms with Crippen LogP contribution >= 0.6 is 10.2 Å². The molecule has 4 heteroatoms. The third-order valence-corrected chi connectivity index (χ3v) is 6.21. The van der Waals surface area contributed by atoms with Crippen molar-refractivity contribution in [2.45, 2.75) is 0 Å². The van der Waals surface area contributed by atoms with E-state index in [0.717, 1.165) is 11.3 Å². The Labute approximate surface area is 116 Å². The summed E-state index contributed by atoms with van der Waals surface area (Å²) >= 11 is 0.123. The van der Waals surface area contributed by atoms with Crippen LogP contribution in [0.1, 0.15) is 10.4 Å². The van der Waals surface area contributed by atoms with Gasteiger partial charge in [-0.2, -0.15) is 0 Å². The number of rotatable bonds is 4. The second-order valence-corrected chi connectivity index (χ2v) is 7.29. The summed E-state index contributed by atoms with van der Waals surface area (Å²) in [5.41, 5.74) is 0.721. The van der Waals surface area contributed by atoms with Crippen LogP contribution in [0.3, 0.4) is 0 Å². The molecule has 0 heterocycles. The molecule has 2 aromatic rings. The average molecular weight is 323 g/mol.